The lowest BCUT2D eigenvalue weighted by Crippen LogP contribution is -2.21. The van der Waals surface area contributed by atoms with Crippen LogP contribution >= 0.6 is 0 Å². The average Bonchev–Trinajstić information content (AvgIpc) is 2.92. The number of carbonyl (C=O) groups excluding carboxylic acids is 1. The SMILES string of the molecule is CCn1cc(NC(=O)CNc2cccc(C(F)(F)F)c2)cn1. The van der Waals surface area contributed by atoms with Crippen LogP contribution in [0.15, 0.2) is 36.7 Å². The number of carbonyl (C=O) groups is 1. The number of alkyl halides is 3. The largest absolute Gasteiger partial charge is 0.416 e. The number of hydrogen-bond donors (Lipinski definition) is 2. The molecule has 0 saturated carbocycles. The molecule has 1 heterocycles. The molecule has 2 rings (SSSR count). The Morgan fingerprint density at radius 3 is 2.73 bits per heavy atom. The second kappa shape index (κ2) is 6.50. The second-order valence-electron chi connectivity index (χ2n) is 4.56. The lowest BCUT2D eigenvalue weighted by atomic mass is 10.2. The minimum absolute atomic E-state index is 0.140. The quantitative estimate of drug-likeness (QED) is 0.892. The van der Waals surface area contributed by atoms with Crippen molar-refractivity contribution in [2.45, 2.75) is 19.6 Å². The minimum atomic E-state index is -4.41. The lowest BCUT2D eigenvalue weighted by molar-refractivity contribution is -0.137. The molecule has 1 amide bonds. The summed E-state index contributed by atoms with van der Waals surface area (Å²) in [6, 6.07) is 4.69. The van der Waals surface area contributed by atoms with Gasteiger partial charge in [0.05, 0.1) is 24.0 Å². The van der Waals surface area contributed by atoms with Crippen molar-refractivity contribution < 1.29 is 18.0 Å². The molecule has 2 N–H and O–H groups in total. The Labute approximate surface area is 125 Å². The summed E-state index contributed by atoms with van der Waals surface area (Å²) >= 11 is 0. The molecule has 8 heteroatoms. The van der Waals surface area contributed by atoms with Gasteiger partial charge in [-0.05, 0) is 25.1 Å². The number of anilines is 2. The first-order chi connectivity index (χ1) is 10.4. The van der Waals surface area contributed by atoms with E-state index in [1.54, 1.807) is 10.9 Å². The van der Waals surface area contributed by atoms with E-state index in [-0.39, 0.29) is 18.1 Å². The van der Waals surface area contributed by atoms with Crippen LogP contribution < -0.4 is 10.6 Å². The van der Waals surface area contributed by atoms with E-state index >= 15 is 0 Å². The molecule has 0 aliphatic rings. The van der Waals surface area contributed by atoms with Crippen molar-refractivity contribution in [3.8, 4) is 0 Å². The number of nitrogens with one attached hydrogen (secondary N) is 2. The number of amides is 1. The summed E-state index contributed by atoms with van der Waals surface area (Å²) in [5.74, 6) is -0.368. The van der Waals surface area contributed by atoms with Gasteiger partial charge >= 0.3 is 6.18 Å². The topological polar surface area (TPSA) is 59.0 Å². The van der Waals surface area contributed by atoms with Crippen LogP contribution in [-0.2, 0) is 17.5 Å². The maximum absolute atomic E-state index is 12.6. The third-order valence-electron chi connectivity index (χ3n) is 2.88. The zero-order chi connectivity index (χ0) is 16.2. The third-order valence-corrected chi connectivity index (χ3v) is 2.88. The van der Waals surface area contributed by atoms with Crippen molar-refractivity contribution >= 4 is 17.3 Å². The fourth-order valence-electron chi connectivity index (χ4n) is 1.79. The van der Waals surface area contributed by atoms with Crippen LogP contribution in [0.2, 0.25) is 0 Å². The Balaban J connectivity index is 1.91. The van der Waals surface area contributed by atoms with Crippen molar-refractivity contribution in [1.82, 2.24) is 9.78 Å². The van der Waals surface area contributed by atoms with E-state index in [0.29, 0.717) is 12.2 Å². The number of hydrogen-bond acceptors (Lipinski definition) is 3. The van der Waals surface area contributed by atoms with Crippen LogP contribution in [0.1, 0.15) is 12.5 Å². The molecule has 22 heavy (non-hydrogen) atoms. The summed E-state index contributed by atoms with van der Waals surface area (Å²) in [7, 11) is 0. The second-order valence-corrected chi connectivity index (χ2v) is 4.56. The molecule has 0 aliphatic heterocycles. The van der Waals surface area contributed by atoms with Crippen molar-refractivity contribution in [3.05, 3.63) is 42.2 Å². The standard InChI is InChI=1S/C14H15F3N4O/c1-2-21-9-12(7-19-21)20-13(22)8-18-11-5-3-4-10(6-11)14(15,16)17/h3-7,9,18H,2,8H2,1H3,(H,20,22). The summed E-state index contributed by atoms with van der Waals surface area (Å²) in [6.45, 7) is 2.45. The number of benzene rings is 1. The van der Waals surface area contributed by atoms with E-state index in [2.05, 4.69) is 15.7 Å². The predicted octanol–water partition coefficient (Wildman–Crippen LogP) is 2.97. The van der Waals surface area contributed by atoms with E-state index in [1.165, 1.54) is 18.3 Å². The fourth-order valence-corrected chi connectivity index (χ4v) is 1.79. The van der Waals surface area contributed by atoms with Crippen LogP contribution in [0.3, 0.4) is 0 Å². The maximum atomic E-state index is 12.6. The highest BCUT2D eigenvalue weighted by molar-refractivity contribution is 5.93. The molecule has 1 aromatic carbocycles. The molecule has 0 saturated heterocycles. The predicted molar refractivity (Wildman–Crippen MR) is 76.5 cm³/mol. The van der Waals surface area contributed by atoms with Gasteiger partial charge < -0.3 is 10.6 Å². The van der Waals surface area contributed by atoms with Crippen LogP contribution in [0.5, 0.6) is 0 Å². The number of halogens is 3. The van der Waals surface area contributed by atoms with Gasteiger partial charge in [0.25, 0.3) is 0 Å². The van der Waals surface area contributed by atoms with Gasteiger partial charge in [0.15, 0.2) is 0 Å². The van der Waals surface area contributed by atoms with E-state index in [9.17, 15) is 18.0 Å². The smallest absolute Gasteiger partial charge is 0.376 e. The van der Waals surface area contributed by atoms with Gasteiger partial charge in [-0.3, -0.25) is 9.48 Å². The summed E-state index contributed by atoms with van der Waals surface area (Å²) in [4.78, 5) is 11.7. The van der Waals surface area contributed by atoms with Crippen molar-refractivity contribution in [2.24, 2.45) is 0 Å². The third kappa shape index (κ3) is 4.24. The highest BCUT2D eigenvalue weighted by Crippen LogP contribution is 2.30. The summed E-state index contributed by atoms with van der Waals surface area (Å²) in [6.07, 6.45) is -1.23. The molecule has 5 nitrogen and oxygen atoms in total. The minimum Gasteiger partial charge on any atom is -0.376 e. The molecule has 0 fully saturated rings. The van der Waals surface area contributed by atoms with Crippen molar-refractivity contribution in [1.29, 1.82) is 0 Å². The summed E-state index contributed by atoms with van der Waals surface area (Å²) < 4.78 is 39.4. The van der Waals surface area contributed by atoms with Gasteiger partial charge in [0.2, 0.25) is 5.91 Å². The first-order valence-electron chi connectivity index (χ1n) is 6.62. The molecule has 2 aromatic rings. The molecule has 1 aromatic heterocycles. The van der Waals surface area contributed by atoms with Crippen molar-refractivity contribution in [3.63, 3.8) is 0 Å². The van der Waals surface area contributed by atoms with E-state index < -0.39 is 11.7 Å². The Kier molecular flexibility index (Phi) is 4.69. The Hall–Kier alpha value is -2.51. The van der Waals surface area contributed by atoms with Crippen LogP contribution in [-0.4, -0.2) is 22.2 Å². The van der Waals surface area contributed by atoms with Crippen LogP contribution in [0.25, 0.3) is 0 Å². The Morgan fingerprint density at radius 2 is 2.09 bits per heavy atom. The zero-order valence-electron chi connectivity index (χ0n) is 11.8. The van der Waals surface area contributed by atoms with Gasteiger partial charge in [0.1, 0.15) is 0 Å². The molecule has 0 radical (unpaired) electrons. The number of aromatic nitrogens is 2. The fraction of sp³-hybridized carbons (Fsp3) is 0.286. The van der Waals surface area contributed by atoms with Gasteiger partial charge in [-0.2, -0.15) is 18.3 Å². The molecule has 118 valence electrons. The van der Waals surface area contributed by atoms with Gasteiger partial charge in [-0.1, -0.05) is 6.07 Å². The number of aryl methyl sites for hydroxylation is 1. The van der Waals surface area contributed by atoms with Crippen LogP contribution in [0.4, 0.5) is 24.5 Å². The highest BCUT2D eigenvalue weighted by atomic mass is 19.4. The zero-order valence-corrected chi connectivity index (χ0v) is 11.8. The molecule has 0 aliphatic carbocycles. The average molecular weight is 312 g/mol. The molecular weight excluding hydrogens is 297 g/mol. The number of rotatable bonds is 5. The first kappa shape index (κ1) is 15.9. The lowest BCUT2D eigenvalue weighted by Gasteiger charge is -2.10. The Morgan fingerprint density at radius 1 is 1.32 bits per heavy atom. The molecule has 0 atom stereocenters. The number of nitrogens with zero attached hydrogens (tertiary/aromatic N) is 2. The monoisotopic (exact) mass is 312 g/mol. The summed E-state index contributed by atoms with van der Waals surface area (Å²) in [5.41, 5.74) is 0.00838. The molecule has 0 bridgehead atoms. The molecule has 0 spiro atoms. The summed E-state index contributed by atoms with van der Waals surface area (Å²) in [5, 5.41) is 9.26. The van der Waals surface area contributed by atoms with E-state index in [0.717, 1.165) is 12.1 Å². The Bertz CT molecular complexity index is 652. The highest BCUT2D eigenvalue weighted by Gasteiger charge is 2.30. The molecular formula is C14H15F3N4O. The van der Waals surface area contributed by atoms with Crippen molar-refractivity contribution in [2.75, 3.05) is 17.2 Å². The maximum Gasteiger partial charge on any atom is 0.416 e. The van der Waals surface area contributed by atoms with E-state index in [1.807, 2.05) is 6.92 Å². The molecule has 0 unspecified atom stereocenters. The van der Waals surface area contributed by atoms with Gasteiger partial charge in [-0.15, -0.1) is 0 Å². The van der Waals surface area contributed by atoms with Crippen LogP contribution in [0, 0.1) is 0 Å². The normalized spacial score (nSPS) is 11.3. The van der Waals surface area contributed by atoms with Gasteiger partial charge in [-0.25, -0.2) is 0 Å². The first-order valence-corrected chi connectivity index (χ1v) is 6.62. The van der Waals surface area contributed by atoms with Gasteiger partial charge in [0, 0.05) is 18.4 Å². The van der Waals surface area contributed by atoms with E-state index in [4.69, 9.17) is 0 Å².